The van der Waals surface area contributed by atoms with Gasteiger partial charge in [-0.2, -0.15) is 0 Å². The van der Waals surface area contributed by atoms with E-state index < -0.39 is 28.4 Å². The van der Waals surface area contributed by atoms with Gasteiger partial charge in [-0.1, -0.05) is 42.5 Å². The molecule has 1 heterocycles. The second-order valence-electron chi connectivity index (χ2n) is 7.92. The Balaban J connectivity index is 1.37. The number of para-hydroxylation sites is 1. The van der Waals surface area contributed by atoms with Gasteiger partial charge >= 0.3 is 0 Å². The van der Waals surface area contributed by atoms with E-state index in [-0.39, 0.29) is 16.1 Å². The number of carbonyl (C=O) groups is 2. The van der Waals surface area contributed by atoms with Crippen molar-refractivity contribution in [2.45, 2.75) is 4.90 Å². The first kappa shape index (κ1) is 22.4. The minimum Gasteiger partial charge on any atom is -0.497 e. The fourth-order valence-corrected chi connectivity index (χ4v) is 5.80. The molecule has 1 aliphatic heterocycles. The normalized spacial score (nSPS) is 13.5. The molecule has 4 aromatic rings. The van der Waals surface area contributed by atoms with Gasteiger partial charge in [-0.05, 0) is 41.8 Å². The van der Waals surface area contributed by atoms with E-state index in [2.05, 4.69) is 10.6 Å². The summed E-state index contributed by atoms with van der Waals surface area (Å²) in [5.41, 5.74) is 1.49. The van der Waals surface area contributed by atoms with E-state index >= 15 is 0 Å². The zero-order valence-electron chi connectivity index (χ0n) is 18.7. The molecule has 1 aliphatic rings. The third kappa shape index (κ3) is 4.06. The number of hydrogen-bond acceptors (Lipinski definition) is 5. The van der Waals surface area contributed by atoms with E-state index in [0.29, 0.717) is 22.5 Å². The average Bonchev–Trinajstić information content (AvgIpc) is 3.07. The van der Waals surface area contributed by atoms with Crippen molar-refractivity contribution >= 4 is 49.7 Å². The largest absolute Gasteiger partial charge is 0.497 e. The summed E-state index contributed by atoms with van der Waals surface area (Å²) in [7, 11) is -2.35. The number of sulfonamides is 1. The van der Waals surface area contributed by atoms with Crippen LogP contribution in [0.1, 0.15) is 10.4 Å². The van der Waals surface area contributed by atoms with Crippen molar-refractivity contribution in [3.05, 3.63) is 90.5 Å². The molecule has 0 saturated carbocycles. The maximum Gasteiger partial charge on any atom is 0.265 e. The number of hydrogen-bond donors (Lipinski definition) is 2. The van der Waals surface area contributed by atoms with Crippen molar-refractivity contribution in [3.8, 4) is 5.75 Å². The fraction of sp³-hybridized carbons (Fsp3) is 0.0769. The highest BCUT2D eigenvalue weighted by Gasteiger charge is 2.36. The van der Waals surface area contributed by atoms with E-state index in [4.69, 9.17) is 4.74 Å². The minimum absolute atomic E-state index is 0.177. The molecule has 8 nitrogen and oxygen atoms in total. The lowest BCUT2D eigenvalue weighted by Crippen LogP contribution is -2.35. The van der Waals surface area contributed by atoms with Gasteiger partial charge in [-0.25, -0.2) is 8.42 Å². The molecule has 0 aromatic heterocycles. The van der Waals surface area contributed by atoms with Crippen molar-refractivity contribution in [3.63, 3.8) is 0 Å². The van der Waals surface area contributed by atoms with E-state index in [1.165, 1.54) is 13.2 Å². The lowest BCUT2D eigenvalue weighted by atomic mass is 10.1. The first-order valence-corrected chi connectivity index (χ1v) is 12.2. The van der Waals surface area contributed by atoms with Gasteiger partial charge in [0.15, 0.2) is 0 Å². The van der Waals surface area contributed by atoms with Crippen LogP contribution in [0.25, 0.3) is 10.8 Å². The maximum absolute atomic E-state index is 13.2. The van der Waals surface area contributed by atoms with E-state index in [0.717, 1.165) is 9.69 Å². The Morgan fingerprint density at radius 3 is 2.43 bits per heavy atom. The highest BCUT2D eigenvalue weighted by atomic mass is 32.2. The maximum atomic E-state index is 13.2. The number of anilines is 3. The number of methoxy groups -OCH3 is 1. The number of benzene rings is 4. The Hall–Kier alpha value is -4.37. The summed E-state index contributed by atoms with van der Waals surface area (Å²) in [4.78, 5) is 26.1. The molecule has 2 N–H and O–H groups in total. The number of nitrogens with one attached hydrogen (secondary N) is 2. The van der Waals surface area contributed by atoms with Crippen LogP contribution in [0.2, 0.25) is 0 Å². The zero-order chi connectivity index (χ0) is 24.6. The molecule has 0 radical (unpaired) electrons. The smallest absolute Gasteiger partial charge is 0.265 e. The van der Waals surface area contributed by atoms with Crippen LogP contribution >= 0.6 is 0 Å². The first-order chi connectivity index (χ1) is 16.9. The minimum atomic E-state index is -3.88. The van der Waals surface area contributed by atoms with E-state index in [1.54, 1.807) is 66.7 Å². The summed E-state index contributed by atoms with van der Waals surface area (Å²) >= 11 is 0. The van der Waals surface area contributed by atoms with Gasteiger partial charge in [0.2, 0.25) is 5.91 Å². The van der Waals surface area contributed by atoms with Crippen LogP contribution in [-0.4, -0.2) is 33.9 Å². The summed E-state index contributed by atoms with van der Waals surface area (Å²) in [6.07, 6.45) is 0. The summed E-state index contributed by atoms with van der Waals surface area (Å²) < 4.78 is 32.6. The van der Waals surface area contributed by atoms with Gasteiger partial charge in [0.05, 0.1) is 28.9 Å². The summed E-state index contributed by atoms with van der Waals surface area (Å²) in [5.74, 6) is -0.410. The van der Waals surface area contributed by atoms with Crippen molar-refractivity contribution in [2.24, 2.45) is 0 Å². The van der Waals surface area contributed by atoms with Crippen molar-refractivity contribution < 1.29 is 22.7 Å². The SMILES string of the molecule is COc1cccc(NC(=O)c2ccccc2NC(=O)CN2c3cccc4cccc(c34)S2(=O)=O)c1. The lowest BCUT2D eigenvalue weighted by molar-refractivity contribution is -0.114. The van der Waals surface area contributed by atoms with Crippen LogP contribution in [-0.2, 0) is 14.8 Å². The molecule has 0 bridgehead atoms. The molecular formula is C26H21N3O5S. The van der Waals surface area contributed by atoms with Gasteiger partial charge in [-0.3, -0.25) is 13.9 Å². The predicted octanol–water partition coefficient (Wildman–Crippen LogP) is 4.25. The third-order valence-corrected chi connectivity index (χ3v) is 7.54. The molecule has 0 spiro atoms. The van der Waals surface area contributed by atoms with Crippen LogP contribution < -0.4 is 19.7 Å². The standard InChI is InChI=1S/C26H21N3O5S/c1-34-19-10-6-9-18(15-19)27-26(31)20-11-2-3-12-21(20)28-24(30)16-29-22-13-4-7-17-8-5-14-23(25(17)22)35(29,32)33/h2-15H,16H2,1H3,(H,27,31)(H,28,30). The Morgan fingerprint density at radius 2 is 1.63 bits per heavy atom. The average molecular weight is 488 g/mol. The Labute approximate surface area is 202 Å². The van der Waals surface area contributed by atoms with Crippen LogP contribution in [0.15, 0.2) is 89.8 Å². The van der Waals surface area contributed by atoms with Gasteiger partial charge in [-0.15, -0.1) is 0 Å². The molecule has 0 atom stereocenters. The molecule has 176 valence electrons. The van der Waals surface area contributed by atoms with Crippen LogP contribution in [0.4, 0.5) is 17.1 Å². The summed E-state index contributed by atoms with van der Waals surface area (Å²) in [6.45, 7) is -0.429. The summed E-state index contributed by atoms with van der Waals surface area (Å²) in [5, 5.41) is 6.86. The highest BCUT2D eigenvalue weighted by Crippen LogP contribution is 2.41. The topological polar surface area (TPSA) is 105 Å². The zero-order valence-corrected chi connectivity index (χ0v) is 19.5. The third-order valence-electron chi connectivity index (χ3n) is 5.74. The number of ether oxygens (including phenoxy) is 1. The molecular weight excluding hydrogens is 466 g/mol. The molecule has 0 saturated heterocycles. The predicted molar refractivity (Wildman–Crippen MR) is 134 cm³/mol. The summed E-state index contributed by atoms with van der Waals surface area (Å²) in [6, 6.07) is 23.7. The molecule has 0 unspecified atom stereocenters. The first-order valence-electron chi connectivity index (χ1n) is 10.8. The van der Waals surface area contributed by atoms with Gasteiger partial charge in [0.25, 0.3) is 15.9 Å². The molecule has 0 aliphatic carbocycles. The number of nitrogens with zero attached hydrogens (tertiary/aromatic N) is 1. The van der Waals surface area contributed by atoms with Gasteiger partial charge in [0.1, 0.15) is 12.3 Å². The van der Waals surface area contributed by atoms with Gasteiger partial charge < -0.3 is 15.4 Å². The number of amides is 2. The van der Waals surface area contributed by atoms with Crippen LogP contribution in [0.3, 0.4) is 0 Å². The monoisotopic (exact) mass is 487 g/mol. The van der Waals surface area contributed by atoms with Gasteiger partial charge in [0, 0.05) is 17.1 Å². The van der Waals surface area contributed by atoms with Crippen LogP contribution in [0, 0.1) is 0 Å². The molecule has 35 heavy (non-hydrogen) atoms. The molecule has 5 rings (SSSR count). The number of carbonyl (C=O) groups excluding carboxylic acids is 2. The molecule has 9 heteroatoms. The Morgan fingerprint density at radius 1 is 0.886 bits per heavy atom. The highest BCUT2D eigenvalue weighted by molar-refractivity contribution is 7.93. The van der Waals surface area contributed by atoms with Crippen molar-refractivity contribution in [1.82, 2.24) is 0 Å². The Bertz CT molecular complexity index is 1580. The Kier molecular flexibility index (Phi) is 5.62. The molecule has 2 amide bonds. The van der Waals surface area contributed by atoms with E-state index in [9.17, 15) is 18.0 Å². The molecule has 0 fully saturated rings. The quantitative estimate of drug-likeness (QED) is 0.423. The van der Waals surface area contributed by atoms with Crippen LogP contribution in [0.5, 0.6) is 5.75 Å². The second-order valence-corrected chi connectivity index (χ2v) is 9.75. The van der Waals surface area contributed by atoms with Crippen molar-refractivity contribution in [2.75, 3.05) is 28.6 Å². The lowest BCUT2D eigenvalue weighted by Gasteiger charge is -2.19. The second kappa shape index (κ2) is 8.77. The molecule has 4 aromatic carbocycles. The van der Waals surface area contributed by atoms with Crippen molar-refractivity contribution in [1.29, 1.82) is 0 Å². The van der Waals surface area contributed by atoms with E-state index in [1.807, 2.05) is 12.1 Å². The number of rotatable bonds is 6. The fourth-order valence-electron chi connectivity index (χ4n) is 4.14.